The van der Waals surface area contributed by atoms with Gasteiger partial charge in [-0.05, 0) is 36.3 Å². The summed E-state index contributed by atoms with van der Waals surface area (Å²) in [4.78, 5) is 28.9. The first kappa shape index (κ1) is 33.3. The zero-order valence-corrected chi connectivity index (χ0v) is 26.5. The maximum absolute atomic E-state index is 13.9. The molecular formula is C34H44Cl2N2O5. The van der Waals surface area contributed by atoms with E-state index in [9.17, 15) is 19.8 Å². The van der Waals surface area contributed by atoms with Gasteiger partial charge < -0.3 is 25.2 Å². The number of rotatable bonds is 16. The number of amides is 2. The Morgan fingerprint density at radius 2 is 1.65 bits per heavy atom. The molecule has 2 aliphatic rings. The molecule has 3 N–H and O–H groups in total. The predicted molar refractivity (Wildman–Crippen MR) is 170 cm³/mol. The molecule has 9 heteroatoms. The highest BCUT2D eigenvalue weighted by Crippen LogP contribution is 2.47. The molecule has 1 aliphatic carbocycles. The van der Waals surface area contributed by atoms with Gasteiger partial charge in [0.1, 0.15) is 18.0 Å². The van der Waals surface area contributed by atoms with Gasteiger partial charge in [-0.25, -0.2) is 0 Å². The zero-order chi connectivity index (χ0) is 30.8. The average Bonchev–Trinajstić information content (AvgIpc) is 3.40. The number of nitrogens with zero attached hydrogens (tertiary/aromatic N) is 1. The number of carbonyl (C=O) groups is 2. The van der Waals surface area contributed by atoms with Crippen LogP contribution in [-0.2, 0) is 16.1 Å². The van der Waals surface area contributed by atoms with E-state index < -0.39 is 24.2 Å². The highest BCUT2D eigenvalue weighted by atomic mass is 35.5. The van der Waals surface area contributed by atoms with Gasteiger partial charge in [0, 0.05) is 30.6 Å². The van der Waals surface area contributed by atoms with Crippen LogP contribution in [0.25, 0.3) is 0 Å². The first-order valence-corrected chi connectivity index (χ1v) is 16.4. The van der Waals surface area contributed by atoms with Crippen LogP contribution >= 0.6 is 23.2 Å². The molecule has 7 nitrogen and oxygen atoms in total. The van der Waals surface area contributed by atoms with Gasteiger partial charge in [0.25, 0.3) is 0 Å². The number of benzene rings is 2. The van der Waals surface area contributed by atoms with Crippen molar-refractivity contribution in [2.75, 3.05) is 13.2 Å². The number of aliphatic hydroxyl groups excluding tert-OH is 2. The summed E-state index contributed by atoms with van der Waals surface area (Å²) in [7, 11) is 0. The van der Waals surface area contributed by atoms with Gasteiger partial charge in [-0.3, -0.25) is 9.59 Å². The molecule has 43 heavy (non-hydrogen) atoms. The van der Waals surface area contributed by atoms with Gasteiger partial charge in [0.15, 0.2) is 0 Å². The van der Waals surface area contributed by atoms with Crippen molar-refractivity contribution in [3.8, 4) is 5.75 Å². The maximum Gasteiger partial charge on any atom is 0.247 e. The summed E-state index contributed by atoms with van der Waals surface area (Å²) in [5, 5.41) is 24.6. The van der Waals surface area contributed by atoms with Crippen molar-refractivity contribution in [1.29, 1.82) is 0 Å². The largest absolute Gasteiger partial charge is 0.486 e. The first-order chi connectivity index (χ1) is 20.8. The third-order valence-electron chi connectivity index (χ3n) is 8.39. The van der Waals surface area contributed by atoms with E-state index >= 15 is 0 Å². The number of fused-ring (bicyclic) bond motifs is 3. The van der Waals surface area contributed by atoms with E-state index in [0.717, 1.165) is 30.4 Å². The predicted octanol–water partition coefficient (Wildman–Crippen LogP) is 6.57. The monoisotopic (exact) mass is 630 g/mol. The lowest BCUT2D eigenvalue weighted by atomic mass is 9.77. The fourth-order valence-corrected chi connectivity index (χ4v) is 6.44. The quantitative estimate of drug-likeness (QED) is 0.182. The van der Waals surface area contributed by atoms with Crippen LogP contribution < -0.4 is 10.1 Å². The standard InChI is InChI=1S/C34H44Cl2N2O5/c1-2-3-4-5-6-7-8-9-10-15-30(40)38(22-23-16-17-26(35)27(36)20-23)28-21-25(34(42)37-18-19-39)31-24-13-11-12-14-29(24)43-33(31)32(28)41/h11-14,16-17,20-21,28,31-33,39,41H,2-10,15,18-19,22H2,1H3,(H,37,42). The lowest BCUT2D eigenvalue weighted by Gasteiger charge is -2.41. The third-order valence-corrected chi connectivity index (χ3v) is 9.13. The molecule has 1 heterocycles. The first-order valence-electron chi connectivity index (χ1n) is 15.6. The van der Waals surface area contributed by atoms with Crippen molar-refractivity contribution < 1.29 is 24.5 Å². The van der Waals surface area contributed by atoms with Gasteiger partial charge >= 0.3 is 0 Å². The Hall–Kier alpha value is -2.58. The van der Waals surface area contributed by atoms with Crippen molar-refractivity contribution >= 4 is 35.0 Å². The maximum atomic E-state index is 13.9. The number of ether oxygens (including phenoxy) is 1. The third kappa shape index (κ3) is 8.53. The number of para-hydroxylation sites is 1. The van der Waals surface area contributed by atoms with Crippen LogP contribution in [0, 0.1) is 0 Å². The van der Waals surface area contributed by atoms with Crippen LogP contribution in [0.5, 0.6) is 5.75 Å². The summed E-state index contributed by atoms with van der Waals surface area (Å²) in [6.07, 6.45) is 10.5. The molecule has 4 rings (SSSR count). The van der Waals surface area contributed by atoms with E-state index in [1.165, 1.54) is 38.5 Å². The molecule has 4 unspecified atom stereocenters. The SMILES string of the molecule is CCCCCCCCCCCC(=O)N(Cc1ccc(Cl)c(Cl)c1)C1C=C(C(=O)NCCO)C2c3ccccc3OC2C1O. The van der Waals surface area contributed by atoms with Crippen LogP contribution in [0.1, 0.15) is 88.2 Å². The summed E-state index contributed by atoms with van der Waals surface area (Å²) < 4.78 is 6.22. The molecule has 0 aromatic heterocycles. The van der Waals surface area contributed by atoms with Gasteiger partial charge in [0.05, 0.1) is 28.6 Å². The Labute approximate surface area is 265 Å². The number of unbranched alkanes of at least 4 members (excludes halogenated alkanes) is 8. The number of carbonyl (C=O) groups excluding carboxylic acids is 2. The minimum atomic E-state index is -1.08. The Morgan fingerprint density at radius 1 is 0.953 bits per heavy atom. The number of hydrogen-bond donors (Lipinski definition) is 3. The lowest BCUT2D eigenvalue weighted by Crippen LogP contribution is -2.55. The molecular weight excluding hydrogens is 587 g/mol. The van der Waals surface area contributed by atoms with Crippen LogP contribution in [0.15, 0.2) is 54.1 Å². The van der Waals surface area contributed by atoms with Crippen LogP contribution in [-0.4, -0.2) is 58.3 Å². The Morgan fingerprint density at radius 3 is 2.35 bits per heavy atom. The van der Waals surface area contributed by atoms with Crippen molar-refractivity contribution in [2.24, 2.45) is 0 Å². The second kappa shape index (κ2) is 16.5. The molecule has 0 saturated heterocycles. The van der Waals surface area contributed by atoms with Gasteiger partial charge in [0.2, 0.25) is 11.8 Å². The molecule has 2 amide bonds. The Kier molecular flexibility index (Phi) is 12.8. The molecule has 0 spiro atoms. The van der Waals surface area contributed by atoms with E-state index in [1.54, 1.807) is 23.1 Å². The van der Waals surface area contributed by atoms with Gasteiger partial charge in [-0.1, -0.05) is 106 Å². The Bertz CT molecular complexity index is 1270. The van der Waals surface area contributed by atoms with Gasteiger partial charge in [-0.2, -0.15) is 0 Å². The molecule has 234 valence electrons. The van der Waals surface area contributed by atoms with E-state index in [-0.39, 0.29) is 31.5 Å². The molecule has 0 saturated carbocycles. The number of aliphatic hydroxyl groups is 2. The summed E-state index contributed by atoms with van der Waals surface area (Å²) in [5.41, 5.74) is 1.99. The molecule has 1 aliphatic heterocycles. The zero-order valence-electron chi connectivity index (χ0n) is 24.9. The summed E-state index contributed by atoms with van der Waals surface area (Å²) >= 11 is 12.5. The minimum Gasteiger partial charge on any atom is -0.486 e. The number of halogens is 2. The molecule has 4 atom stereocenters. The summed E-state index contributed by atoms with van der Waals surface area (Å²) in [5.74, 6) is -0.365. The van der Waals surface area contributed by atoms with Crippen LogP contribution in [0.2, 0.25) is 10.0 Å². The van der Waals surface area contributed by atoms with Crippen molar-refractivity contribution in [3.05, 3.63) is 75.3 Å². The average molecular weight is 632 g/mol. The van der Waals surface area contributed by atoms with Crippen LogP contribution in [0.3, 0.4) is 0 Å². The van der Waals surface area contributed by atoms with Crippen molar-refractivity contribution in [2.45, 2.75) is 102 Å². The Balaban J connectivity index is 1.56. The number of hydrogen-bond acceptors (Lipinski definition) is 5. The van der Waals surface area contributed by atoms with Crippen molar-refractivity contribution in [1.82, 2.24) is 10.2 Å². The van der Waals surface area contributed by atoms with E-state index in [4.69, 9.17) is 27.9 Å². The van der Waals surface area contributed by atoms with Crippen molar-refractivity contribution in [3.63, 3.8) is 0 Å². The summed E-state index contributed by atoms with van der Waals surface area (Å²) in [6.45, 7) is 2.29. The smallest absolute Gasteiger partial charge is 0.247 e. The van der Waals surface area contributed by atoms with E-state index in [0.29, 0.717) is 27.8 Å². The fourth-order valence-electron chi connectivity index (χ4n) is 6.12. The second-order valence-corrected chi connectivity index (χ2v) is 12.3. The molecule has 0 radical (unpaired) electrons. The normalized spacial score (nSPS) is 20.5. The summed E-state index contributed by atoms with van der Waals surface area (Å²) in [6, 6.07) is 11.8. The van der Waals surface area contributed by atoms with E-state index in [2.05, 4.69) is 12.2 Å². The minimum absolute atomic E-state index is 0.0911. The molecule has 2 aromatic rings. The highest BCUT2D eigenvalue weighted by molar-refractivity contribution is 6.42. The molecule has 0 bridgehead atoms. The fraction of sp³-hybridized carbons (Fsp3) is 0.529. The second-order valence-electron chi connectivity index (χ2n) is 11.5. The van der Waals surface area contributed by atoms with E-state index in [1.807, 2.05) is 30.3 Å². The van der Waals surface area contributed by atoms with Crippen LogP contribution in [0.4, 0.5) is 0 Å². The molecule has 0 fully saturated rings. The molecule has 2 aromatic carbocycles. The van der Waals surface area contributed by atoms with Gasteiger partial charge in [-0.15, -0.1) is 0 Å². The number of nitrogens with one attached hydrogen (secondary N) is 1. The lowest BCUT2D eigenvalue weighted by molar-refractivity contribution is -0.138. The highest BCUT2D eigenvalue weighted by Gasteiger charge is 2.50. The topological polar surface area (TPSA) is 99.1 Å².